The molecule has 0 fully saturated rings. The summed E-state index contributed by atoms with van der Waals surface area (Å²) in [5, 5.41) is 7.38. The zero-order valence-corrected chi connectivity index (χ0v) is 27.2. The smallest absolute Gasteiger partial charge is 0.143 e. The molecule has 0 N–H and O–H groups in total. The summed E-state index contributed by atoms with van der Waals surface area (Å²) >= 11 is 0. The van der Waals surface area contributed by atoms with E-state index in [0.29, 0.717) is 5.92 Å². The molecule has 5 aromatic carbocycles. The zero-order chi connectivity index (χ0) is 31.5. The van der Waals surface area contributed by atoms with Crippen LogP contribution in [0.4, 0.5) is 11.4 Å². The van der Waals surface area contributed by atoms with Gasteiger partial charge in [0.1, 0.15) is 11.2 Å². The summed E-state index contributed by atoms with van der Waals surface area (Å²) < 4.78 is 6.91. The fourth-order valence-corrected chi connectivity index (χ4v) is 8.00. The highest BCUT2D eigenvalue weighted by atomic mass is 16.3. The third-order valence-corrected chi connectivity index (χ3v) is 10.5. The molecule has 1 aromatic heterocycles. The summed E-state index contributed by atoms with van der Waals surface area (Å²) in [5.74, 6) is 0.545. The number of fused-ring (bicyclic) bond motifs is 9. The lowest BCUT2D eigenvalue weighted by Gasteiger charge is -2.33. The molecule has 0 bridgehead atoms. The number of furan rings is 1. The summed E-state index contributed by atoms with van der Waals surface area (Å²) in [6.07, 6.45) is 23.9. The van der Waals surface area contributed by atoms with Crippen LogP contribution < -0.4 is 4.90 Å². The maximum Gasteiger partial charge on any atom is 0.143 e. The molecule has 6 aromatic rings. The van der Waals surface area contributed by atoms with E-state index in [2.05, 4.69) is 146 Å². The third kappa shape index (κ3) is 4.95. The molecule has 0 radical (unpaired) electrons. The number of aryl methyl sites for hydroxylation is 1. The van der Waals surface area contributed by atoms with Gasteiger partial charge in [0, 0.05) is 33.6 Å². The van der Waals surface area contributed by atoms with Gasteiger partial charge >= 0.3 is 0 Å². The minimum atomic E-state index is 0.227. The first-order chi connectivity index (χ1) is 23.1. The monoisotopic (exact) mass is 609 g/mol. The van der Waals surface area contributed by atoms with E-state index >= 15 is 0 Å². The van der Waals surface area contributed by atoms with Gasteiger partial charge in [0.25, 0.3) is 0 Å². The molecular formula is C45H39NO. The standard InChI is InChI=1S/C45H39NO/c1-29-11-15-31(16-12-29)25-32-17-23-40-42(26-32)38-9-5-6-10-39(38)44-41-24-22-37(28-43(41)47-45(40)44)46(35-19-13-30(2)14-20-35)36-21-18-33-7-3-4-8-34(33)27-36/h4-6,8-15,17-19,21-24,26-28,31,35H,3,7,16,20,25H2,1-2H3/t31?,35-/m0/s1. The Balaban J connectivity index is 1.19. The van der Waals surface area contributed by atoms with Crippen LogP contribution in [-0.4, -0.2) is 6.04 Å². The summed E-state index contributed by atoms with van der Waals surface area (Å²) in [6, 6.07) is 29.9. The van der Waals surface area contributed by atoms with Crippen molar-refractivity contribution >= 4 is 60.9 Å². The lowest BCUT2D eigenvalue weighted by atomic mass is 9.89. The molecule has 230 valence electrons. The van der Waals surface area contributed by atoms with Crippen LogP contribution in [0.2, 0.25) is 0 Å². The SMILES string of the molecule is CC1=CCC(Cc2ccc3c(c2)c2ccccc2c2c4ccc(N(c5ccc6c(c5)C=CCC6)[C@H]5C=CC(C)=CC5)cc4oc32)C=C1. The third-order valence-electron chi connectivity index (χ3n) is 10.5. The average molecular weight is 610 g/mol. The first kappa shape index (κ1) is 28.2. The highest BCUT2D eigenvalue weighted by Gasteiger charge is 2.23. The van der Waals surface area contributed by atoms with Gasteiger partial charge in [-0.25, -0.2) is 0 Å². The number of hydrogen-bond donors (Lipinski definition) is 0. The van der Waals surface area contributed by atoms with Crippen molar-refractivity contribution in [2.45, 2.75) is 52.0 Å². The van der Waals surface area contributed by atoms with E-state index in [1.165, 1.54) is 65.8 Å². The first-order valence-electron chi connectivity index (χ1n) is 17.2. The van der Waals surface area contributed by atoms with Crippen molar-refractivity contribution in [3.05, 3.63) is 149 Å². The van der Waals surface area contributed by atoms with Gasteiger partial charge in [-0.15, -0.1) is 0 Å². The second-order valence-electron chi connectivity index (χ2n) is 13.7. The summed E-state index contributed by atoms with van der Waals surface area (Å²) in [5.41, 5.74) is 11.1. The average Bonchev–Trinajstić information content (AvgIpc) is 3.50. The van der Waals surface area contributed by atoms with Crippen LogP contribution in [0.5, 0.6) is 0 Å². The number of hydrogen-bond acceptors (Lipinski definition) is 2. The maximum absolute atomic E-state index is 6.91. The number of benzene rings is 5. The molecule has 0 amide bonds. The van der Waals surface area contributed by atoms with Gasteiger partial charge in [-0.05, 0) is 109 Å². The first-order valence-corrected chi connectivity index (χ1v) is 17.2. The Morgan fingerprint density at radius 2 is 1.49 bits per heavy atom. The molecule has 2 nitrogen and oxygen atoms in total. The Labute approximate surface area is 276 Å². The molecule has 47 heavy (non-hydrogen) atoms. The van der Waals surface area contributed by atoms with Crippen LogP contribution in [0.3, 0.4) is 0 Å². The maximum atomic E-state index is 6.91. The number of anilines is 2. The second-order valence-corrected chi connectivity index (χ2v) is 13.7. The van der Waals surface area contributed by atoms with Crippen LogP contribution in [0, 0.1) is 5.92 Å². The Hall–Kier alpha value is -5.08. The molecule has 0 saturated carbocycles. The van der Waals surface area contributed by atoms with Gasteiger partial charge in [-0.1, -0.05) is 108 Å². The Morgan fingerprint density at radius 3 is 2.32 bits per heavy atom. The van der Waals surface area contributed by atoms with Crippen LogP contribution in [0.1, 0.15) is 49.8 Å². The van der Waals surface area contributed by atoms with Crippen molar-refractivity contribution in [1.29, 1.82) is 0 Å². The van der Waals surface area contributed by atoms with Crippen LogP contribution in [0.25, 0.3) is 49.6 Å². The summed E-state index contributed by atoms with van der Waals surface area (Å²) in [6.45, 7) is 4.37. The van der Waals surface area contributed by atoms with E-state index in [-0.39, 0.29) is 6.04 Å². The lowest BCUT2D eigenvalue weighted by molar-refractivity contribution is 0.650. The second kappa shape index (κ2) is 11.3. The van der Waals surface area contributed by atoms with Crippen LogP contribution in [0.15, 0.2) is 137 Å². The number of nitrogens with zero attached hydrogens (tertiary/aromatic N) is 1. The Morgan fingerprint density at radius 1 is 0.702 bits per heavy atom. The van der Waals surface area contributed by atoms with Crippen molar-refractivity contribution in [3.63, 3.8) is 0 Å². The van der Waals surface area contributed by atoms with Crippen LogP contribution in [-0.2, 0) is 12.8 Å². The molecule has 0 aliphatic heterocycles. The van der Waals surface area contributed by atoms with Gasteiger partial charge in [0.2, 0.25) is 0 Å². The fourth-order valence-electron chi connectivity index (χ4n) is 8.00. The van der Waals surface area contributed by atoms with Gasteiger partial charge in [0.15, 0.2) is 0 Å². The van der Waals surface area contributed by atoms with Crippen molar-refractivity contribution in [2.24, 2.45) is 5.92 Å². The quantitative estimate of drug-likeness (QED) is 0.181. The summed E-state index contributed by atoms with van der Waals surface area (Å²) in [7, 11) is 0. The normalized spacial score (nSPS) is 19.0. The topological polar surface area (TPSA) is 16.4 Å². The van der Waals surface area contributed by atoms with Gasteiger partial charge in [-0.2, -0.15) is 0 Å². The van der Waals surface area contributed by atoms with E-state index in [1.807, 2.05) is 0 Å². The van der Waals surface area contributed by atoms with Crippen molar-refractivity contribution < 1.29 is 4.42 Å². The minimum Gasteiger partial charge on any atom is -0.455 e. The summed E-state index contributed by atoms with van der Waals surface area (Å²) in [4.78, 5) is 2.49. The van der Waals surface area contributed by atoms with Crippen LogP contribution >= 0.6 is 0 Å². The molecule has 0 spiro atoms. The molecular weight excluding hydrogens is 571 g/mol. The Bertz CT molecular complexity index is 2370. The lowest BCUT2D eigenvalue weighted by Crippen LogP contribution is -2.30. The highest BCUT2D eigenvalue weighted by molar-refractivity contribution is 6.30. The molecule has 9 rings (SSSR count). The van der Waals surface area contributed by atoms with E-state index in [0.717, 1.165) is 49.0 Å². The van der Waals surface area contributed by atoms with Crippen molar-refractivity contribution in [1.82, 2.24) is 0 Å². The van der Waals surface area contributed by atoms with Gasteiger partial charge in [0.05, 0.1) is 6.04 Å². The van der Waals surface area contributed by atoms with Gasteiger partial charge < -0.3 is 9.32 Å². The Kier molecular flexibility index (Phi) is 6.78. The zero-order valence-electron chi connectivity index (χ0n) is 27.2. The van der Waals surface area contributed by atoms with E-state index in [9.17, 15) is 0 Å². The predicted molar refractivity (Wildman–Crippen MR) is 201 cm³/mol. The van der Waals surface area contributed by atoms with Crippen molar-refractivity contribution in [2.75, 3.05) is 4.90 Å². The number of rotatable bonds is 5. The molecule has 1 unspecified atom stereocenters. The van der Waals surface area contributed by atoms with E-state index < -0.39 is 0 Å². The predicted octanol–water partition coefficient (Wildman–Crippen LogP) is 12.3. The van der Waals surface area contributed by atoms with E-state index in [4.69, 9.17) is 4.42 Å². The van der Waals surface area contributed by atoms with Gasteiger partial charge in [-0.3, -0.25) is 0 Å². The fraction of sp³-hybridized carbons (Fsp3) is 0.200. The van der Waals surface area contributed by atoms with E-state index in [1.54, 1.807) is 0 Å². The van der Waals surface area contributed by atoms with Crippen molar-refractivity contribution in [3.8, 4) is 0 Å². The molecule has 2 atom stereocenters. The molecule has 2 heteroatoms. The molecule has 3 aliphatic rings. The molecule has 3 aliphatic carbocycles. The minimum absolute atomic E-state index is 0.227. The molecule has 0 saturated heterocycles. The molecule has 1 heterocycles. The largest absolute Gasteiger partial charge is 0.455 e. The highest BCUT2D eigenvalue weighted by Crippen LogP contribution is 2.43. The number of allylic oxidation sites excluding steroid dienone is 7.